The van der Waals surface area contributed by atoms with Crippen molar-refractivity contribution in [2.45, 2.75) is 27.2 Å². The van der Waals surface area contributed by atoms with E-state index in [1.54, 1.807) is 0 Å². The van der Waals surface area contributed by atoms with Crippen LogP contribution in [0.3, 0.4) is 0 Å². The second-order valence-corrected chi connectivity index (χ2v) is 6.23. The summed E-state index contributed by atoms with van der Waals surface area (Å²) in [6.45, 7) is 7.74. The average molecular weight is 311 g/mol. The van der Waals surface area contributed by atoms with Gasteiger partial charge in [-0.05, 0) is 66.9 Å². The summed E-state index contributed by atoms with van der Waals surface area (Å²) < 4.78 is 0.947. The maximum absolute atomic E-state index is 12.4. The number of benzene rings is 1. The van der Waals surface area contributed by atoms with Gasteiger partial charge in [0.2, 0.25) is 5.91 Å². The summed E-state index contributed by atoms with van der Waals surface area (Å²) in [6.07, 6.45) is 0.890. The second kappa shape index (κ2) is 5.02. The molecule has 0 spiro atoms. The number of hydrogen-bond donors (Lipinski definition) is 2. The Kier molecular flexibility index (Phi) is 3.78. The fourth-order valence-electron chi connectivity index (χ4n) is 2.35. The average Bonchev–Trinajstić information content (AvgIpc) is 2.71. The van der Waals surface area contributed by atoms with Gasteiger partial charge in [-0.2, -0.15) is 0 Å². The van der Waals surface area contributed by atoms with Gasteiger partial charge in [-0.15, -0.1) is 0 Å². The Labute approximate surface area is 116 Å². The van der Waals surface area contributed by atoms with Crippen LogP contribution in [-0.4, -0.2) is 19.0 Å². The van der Waals surface area contributed by atoms with Gasteiger partial charge in [-0.3, -0.25) is 4.79 Å². The maximum Gasteiger partial charge on any atom is 0.231 e. The van der Waals surface area contributed by atoms with Crippen molar-refractivity contribution >= 4 is 27.5 Å². The first kappa shape index (κ1) is 13.6. The van der Waals surface area contributed by atoms with E-state index in [4.69, 9.17) is 0 Å². The van der Waals surface area contributed by atoms with E-state index < -0.39 is 0 Å². The number of halogens is 1. The number of nitrogens with one attached hydrogen (secondary N) is 2. The molecule has 2 rings (SSSR count). The Balaban J connectivity index is 2.22. The van der Waals surface area contributed by atoms with Gasteiger partial charge in [-0.25, -0.2) is 0 Å². The number of hydrogen-bond acceptors (Lipinski definition) is 2. The normalized spacial score (nSPS) is 23.1. The van der Waals surface area contributed by atoms with Crippen LogP contribution in [0.2, 0.25) is 0 Å². The summed E-state index contributed by atoms with van der Waals surface area (Å²) in [7, 11) is 0. The summed E-state index contributed by atoms with van der Waals surface area (Å²) in [5, 5.41) is 6.31. The molecule has 1 amide bonds. The highest BCUT2D eigenvalue weighted by Gasteiger charge is 2.36. The van der Waals surface area contributed by atoms with Crippen LogP contribution in [-0.2, 0) is 4.79 Å². The molecule has 1 aromatic rings. The van der Waals surface area contributed by atoms with E-state index in [0.29, 0.717) is 0 Å². The minimum Gasteiger partial charge on any atom is -0.324 e. The third kappa shape index (κ3) is 2.59. The molecule has 1 unspecified atom stereocenters. The van der Waals surface area contributed by atoms with Gasteiger partial charge < -0.3 is 10.6 Å². The van der Waals surface area contributed by atoms with Crippen LogP contribution in [0.25, 0.3) is 0 Å². The highest BCUT2D eigenvalue weighted by atomic mass is 79.9. The Morgan fingerprint density at radius 3 is 2.72 bits per heavy atom. The Bertz CT molecular complexity index is 456. The number of rotatable bonds is 2. The standard InChI is InChI=1S/C14H19BrN2O/c1-9-6-10(2)12(11(15)7-9)17-13(18)14(3)4-5-16-8-14/h6-7,16H,4-5,8H2,1-3H3,(H,17,18). The molecule has 1 aliphatic rings. The highest BCUT2D eigenvalue weighted by molar-refractivity contribution is 9.10. The summed E-state index contributed by atoms with van der Waals surface area (Å²) in [5.74, 6) is 0.0974. The zero-order valence-electron chi connectivity index (χ0n) is 11.1. The molecule has 0 radical (unpaired) electrons. The minimum absolute atomic E-state index is 0.0974. The monoisotopic (exact) mass is 310 g/mol. The largest absolute Gasteiger partial charge is 0.324 e. The van der Waals surface area contributed by atoms with E-state index in [0.717, 1.165) is 35.2 Å². The molecule has 3 nitrogen and oxygen atoms in total. The molecule has 0 saturated carbocycles. The van der Waals surface area contributed by atoms with E-state index in [1.165, 1.54) is 5.56 Å². The first-order valence-electron chi connectivity index (χ1n) is 6.21. The molecule has 0 aliphatic carbocycles. The fourth-order valence-corrected chi connectivity index (χ4v) is 3.12. The Morgan fingerprint density at radius 2 is 2.17 bits per heavy atom. The molecular weight excluding hydrogens is 292 g/mol. The third-order valence-electron chi connectivity index (χ3n) is 3.59. The van der Waals surface area contributed by atoms with E-state index in [1.807, 2.05) is 26.8 Å². The van der Waals surface area contributed by atoms with Crippen LogP contribution in [0, 0.1) is 19.3 Å². The molecule has 98 valence electrons. The van der Waals surface area contributed by atoms with Gasteiger partial charge in [0.15, 0.2) is 0 Å². The van der Waals surface area contributed by atoms with Crippen molar-refractivity contribution in [3.63, 3.8) is 0 Å². The van der Waals surface area contributed by atoms with Crippen molar-refractivity contribution in [3.05, 3.63) is 27.7 Å². The number of aryl methyl sites for hydroxylation is 2. The molecule has 4 heteroatoms. The molecule has 1 heterocycles. The molecule has 0 bridgehead atoms. The third-order valence-corrected chi connectivity index (χ3v) is 4.21. The lowest BCUT2D eigenvalue weighted by molar-refractivity contribution is -0.123. The van der Waals surface area contributed by atoms with Crippen molar-refractivity contribution < 1.29 is 4.79 Å². The lowest BCUT2D eigenvalue weighted by Crippen LogP contribution is -2.35. The first-order valence-corrected chi connectivity index (χ1v) is 7.01. The summed E-state index contributed by atoms with van der Waals surface area (Å²) in [5.41, 5.74) is 2.87. The van der Waals surface area contributed by atoms with Crippen LogP contribution in [0.4, 0.5) is 5.69 Å². The SMILES string of the molecule is Cc1cc(C)c(NC(=O)C2(C)CCNC2)c(Br)c1. The minimum atomic E-state index is -0.295. The molecular formula is C14H19BrN2O. The predicted octanol–water partition coefficient (Wildman–Crippen LogP) is 3.00. The summed E-state index contributed by atoms with van der Waals surface area (Å²) in [6, 6.07) is 4.10. The quantitative estimate of drug-likeness (QED) is 0.881. The van der Waals surface area contributed by atoms with Crippen molar-refractivity contribution in [1.82, 2.24) is 5.32 Å². The van der Waals surface area contributed by atoms with Crippen molar-refractivity contribution in [1.29, 1.82) is 0 Å². The first-order chi connectivity index (χ1) is 8.42. The lowest BCUT2D eigenvalue weighted by atomic mass is 9.88. The van der Waals surface area contributed by atoms with E-state index in [9.17, 15) is 4.79 Å². The summed E-state index contributed by atoms with van der Waals surface area (Å²) >= 11 is 3.52. The molecule has 1 atom stereocenters. The van der Waals surface area contributed by atoms with E-state index in [-0.39, 0.29) is 11.3 Å². The topological polar surface area (TPSA) is 41.1 Å². The molecule has 1 aromatic carbocycles. The number of carbonyl (C=O) groups is 1. The summed E-state index contributed by atoms with van der Waals surface area (Å²) in [4.78, 5) is 12.4. The van der Waals surface area contributed by atoms with Crippen LogP contribution in [0.1, 0.15) is 24.5 Å². The van der Waals surface area contributed by atoms with Gasteiger partial charge in [0, 0.05) is 11.0 Å². The van der Waals surface area contributed by atoms with Gasteiger partial charge in [0.05, 0.1) is 11.1 Å². The molecule has 2 N–H and O–H groups in total. The number of anilines is 1. The zero-order chi connectivity index (χ0) is 13.3. The molecule has 1 fully saturated rings. The van der Waals surface area contributed by atoms with Crippen molar-refractivity contribution in [3.8, 4) is 0 Å². The van der Waals surface area contributed by atoms with Crippen LogP contribution < -0.4 is 10.6 Å². The smallest absolute Gasteiger partial charge is 0.231 e. The van der Waals surface area contributed by atoms with Crippen LogP contribution in [0.5, 0.6) is 0 Å². The molecule has 1 aliphatic heterocycles. The number of carbonyl (C=O) groups excluding carboxylic acids is 1. The predicted molar refractivity (Wildman–Crippen MR) is 77.8 cm³/mol. The van der Waals surface area contributed by atoms with Gasteiger partial charge in [0.25, 0.3) is 0 Å². The lowest BCUT2D eigenvalue weighted by Gasteiger charge is -2.23. The molecule has 18 heavy (non-hydrogen) atoms. The molecule has 1 saturated heterocycles. The van der Waals surface area contributed by atoms with Crippen molar-refractivity contribution in [2.24, 2.45) is 5.41 Å². The van der Waals surface area contributed by atoms with Gasteiger partial charge in [0.1, 0.15) is 0 Å². The Morgan fingerprint density at radius 1 is 1.44 bits per heavy atom. The number of amides is 1. The fraction of sp³-hybridized carbons (Fsp3) is 0.500. The second-order valence-electron chi connectivity index (χ2n) is 5.38. The molecule has 0 aromatic heterocycles. The van der Waals surface area contributed by atoms with Crippen LogP contribution >= 0.6 is 15.9 Å². The van der Waals surface area contributed by atoms with E-state index >= 15 is 0 Å². The van der Waals surface area contributed by atoms with Gasteiger partial charge >= 0.3 is 0 Å². The van der Waals surface area contributed by atoms with Gasteiger partial charge in [-0.1, -0.05) is 6.07 Å². The van der Waals surface area contributed by atoms with Crippen LogP contribution in [0.15, 0.2) is 16.6 Å². The van der Waals surface area contributed by atoms with Crippen molar-refractivity contribution in [2.75, 3.05) is 18.4 Å². The Hall–Kier alpha value is -0.870. The highest BCUT2D eigenvalue weighted by Crippen LogP contribution is 2.31. The van der Waals surface area contributed by atoms with E-state index in [2.05, 4.69) is 32.6 Å². The zero-order valence-corrected chi connectivity index (χ0v) is 12.6. The maximum atomic E-state index is 12.4.